The fraction of sp³-hybridized carbons (Fsp3) is 0.909. The summed E-state index contributed by atoms with van der Waals surface area (Å²) >= 11 is 0. The lowest BCUT2D eigenvalue weighted by Crippen LogP contribution is -2.05. The minimum absolute atomic E-state index is 0.331. The van der Waals surface area contributed by atoms with Gasteiger partial charge in [-0.1, -0.05) is 27.2 Å². The van der Waals surface area contributed by atoms with E-state index < -0.39 is 0 Å². The van der Waals surface area contributed by atoms with Crippen molar-refractivity contribution in [3.8, 4) is 0 Å². The van der Waals surface area contributed by atoms with E-state index in [9.17, 15) is 4.79 Å². The van der Waals surface area contributed by atoms with Gasteiger partial charge in [-0.2, -0.15) is 0 Å². The van der Waals surface area contributed by atoms with Crippen LogP contribution in [0.4, 0.5) is 0 Å². The molecule has 0 aromatic heterocycles. The first-order chi connectivity index (χ1) is 5.56. The molecule has 0 saturated heterocycles. The zero-order valence-electron chi connectivity index (χ0n) is 8.89. The fourth-order valence-corrected chi connectivity index (χ4v) is 1.56. The van der Waals surface area contributed by atoms with E-state index in [4.69, 9.17) is 0 Å². The van der Waals surface area contributed by atoms with Gasteiger partial charge in [-0.05, 0) is 31.6 Å². The molecule has 0 radical (unpaired) electrons. The fourth-order valence-electron chi connectivity index (χ4n) is 1.56. The number of carbonyl (C=O) groups is 1. The molecule has 0 rings (SSSR count). The summed E-state index contributed by atoms with van der Waals surface area (Å²) in [6.45, 7) is 8.39. The number of rotatable bonds is 6. The van der Waals surface area contributed by atoms with E-state index in [1.165, 1.54) is 12.8 Å². The Morgan fingerprint density at radius 3 is 2.25 bits per heavy atom. The quantitative estimate of drug-likeness (QED) is 0.597. The average molecular weight is 170 g/mol. The lowest BCUT2D eigenvalue weighted by molar-refractivity contribution is -0.117. The van der Waals surface area contributed by atoms with Crippen LogP contribution in [0.1, 0.15) is 53.4 Å². The Balaban J connectivity index is 3.60. The summed E-state index contributed by atoms with van der Waals surface area (Å²) in [6, 6.07) is 0. The maximum Gasteiger partial charge on any atom is 0.129 e. The SMILES string of the molecule is CCC(CCC(C)=O)CC(C)C. The highest BCUT2D eigenvalue weighted by atomic mass is 16.1. The molecule has 0 aliphatic rings. The standard InChI is InChI=1S/C11H22O/c1-5-11(8-9(2)3)7-6-10(4)12/h9,11H,5-8H2,1-4H3. The summed E-state index contributed by atoms with van der Waals surface area (Å²) in [5, 5.41) is 0. The maximum absolute atomic E-state index is 10.7. The van der Waals surface area contributed by atoms with Crippen LogP contribution >= 0.6 is 0 Å². The molecule has 1 heteroatoms. The smallest absolute Gasteiger partial charge is 0.129 e. The number of hydrogen-bond donors (Lipinski definition) is 0. The lowest BCUT2D eigenvalue weighted by atomic mass is 9.90. The van der Waals surface area contributed by atoms with Gasteiger partial charge in [0.15, 0.2) is 0 Å². The molecule has 0 bridgehead atoms. The first-order valence-electron chi connectivity index (χ1n) is 5.05. The third-order valence-corrected chi connectivity index (χ3v) is 2.29. The Labute approximate surface area is 76.6 Å². The van der Waals surface area contributed by atoms with Crippen LogP contribution in [0.15, 0.2) is 0 Å². The molecule has 0 fully saturated rings. The second-order valence-electron chi connectivity index (χ2n) is 4.14. The summed E-state index contributed by atoms with van der Waals surface area (Å²) in [5.41, 5.74) is 0. The maximum atomic E-state index is 10.7. The number of Topliss-reactive ketones (excluding diaryl/α,β-unsaturated/α-hetero) is 1. The van der Waals surface area contributed by atoms with E-state index in [-0.39, 0.29) is 0 Å². The van der Waals surface area contributed by atoms with Gasteiger partial charge in [-0.3, -0.25) is 0 Å². The van der Waals surface area contributed by atoms with Gasteiger partial charge < -0.3 is 4.79 Å². The first-order valence-corrected chi connectivity index (χ1v) is 5.05. The topological polar surface area (TPSA) is 17.1 Å². The Hall–Kier alpha value is -0.330. The molecular formula is C11H22O. The van der Waals surface area contributed by atoms with E-state index in [0.717, 1.165) is 24.7 Å². The highest BCUT2D eigenvalue weighted by Gasteiger charge is 2.09. The second-order valence-corrected chi connectivity index (χ2v) is 4.14. The van der Waals surface area contributed by atoms with Crippen LogP contribution in [0.2, 0.25) is 0 Å². The third-order valence-electron chi connectivity index (χ3n) is 2.29. The average Bonchev–Trinajstić information content (AvgIpc) is 1.97. The molecule has 0 amide bonds. The number of carbonyl (C=O) groups excluding carboxylic acids is 1. The van der Waals surface area contributed by atoms with E-state index in [0.29, 0.717) is 5.78 Å². The normalized spacial score (nSPS) is 13.4. The zero-order valence-corrected chi connectivity index (χ0v) is 8.89. The lowest BCUT2D eigenvalue weighted by Gasteiger charge is -2.15. The molecule has 0 N–H and O–H groups in total. The van der Waals surface area contributed by atoms with E-state index in [1.54, 1.807) is 6.92 Å². The number of ketones is 1. The van der Waals surface area contributed by atoms with Crippen molar-refractivity contribution < 1.29 is 4.79 Å². The minimum Gasteiger partial charge on any atom is -0.300 e. The van der Waals surface area contributed by atoms with Crippen molar-refractivity contribution in [3.05, 3.63) is 0 Å². The Morgan fingerprint density at radius 1 is 1.33 bits per heavy atom. The first kappa shape index (κ1) is 11.7. The van der Waals surface area contributed by atoms with E-state index in [2.05, 4.69) is 20.8 Å². The van der Waals surface area contributed by atoms with Crippen LogP contribution in [-0.4, -0.2) is 5.78 Å². The van der Waals surface area contributed by atoms with Crippen molar-refractivity contribution >= 4 is 5.78 Å². The summed E-state index contributed by atoms with van der Waals surface area (Å²) < 4.78 is 0. The van der Waals surface area contributed by atoms with Crippen LogP contribution in [0.25, 0.3) is 0 Å². The van der Waals surface area contributed by atoms with Gasteiger partial charge in [0.2, 0.25) is 0 Å². The van der Waals surface area contributed by atoms with Gasteiger partial charge in [-0.15, -0.1) is 0 Å². The van der Waals surface area contributed by atoms with Crippen molar-refractivity contribution in [1.82, 2.24) is 0 Å². The Morgan fingerprint density at radius 2 is 1.92 bits per heavy atom. The number of hydrogen-bond acceptors (Lipinski definition) is 1. The highest BCUT2D eigenvalue weighted by molar-refractivity contribution is 5.75. The summed E-state index contributed by atoms with van der Waals surface area (Å²) in [5.74, 6) is 1.85. The summed E-state index contributed by atoms with van der Waals surface area (Å²) in [7, 11) is 0. The van der Waals surface area contributed by atoms with E-state index in [1.807, 2.05) is 0 Å². The minimum atomic E-state index is 0.331. The predicted molar refractivity (Wildman–Crippen MR) is 53.2 cm³/mol. The van der Waals surface area contributed by atoms with Gasteiger partial charge in [0, 0.05) is 6.42 Å². The van der Waals surface area contributed by atoms with Gasteiger partial charge in [0.1, 0.15) is 5.78 Å². The molecule has 0 heterocycles. The Bertz CT molecular complexity index is 127. The van der Waals surface area contributed by atoms with Gasteiger partial charge >= 0.3 is 0 Å². The zero-order chi connectivity index (χ0) is 9.56. The third kappa shape index (κ3) is 6.38. The molecule has 0 saturated carbocycles. The summed E-state index contributed by atoms with van der Waals surface area (Å²) in [4.78, 5) is 10.7. The van der Waals surface area contributed by atoms with E-state index >= 15 is 0 Å². The molecule has 0 spiro atoms. The second kappa shape index (κ2) is 6.22. The van der Waals surface area contributed by atoms with Crippen molar-refractivity contribution in [3.63, 3.8) is 0 Å². The molecule has 0 aliphatic carbocycles. The molecule has 72 valence electrons. The Kier molecular flexibility index (Phi) is 6.04. The van der Waals surface area contributed by atoms with Gasteiger partial charge in [-0.25, -0.2) is 0 Å². The van der Waals surface area contributed by atoms with Crippen molar-refractivity contribution in [2.45, 2.75) is 53.4 Å². The molecule has 0 aliphatic heterocycles. The van der Waals surface area contributed by atoms with Crippen LogP contribution in [0, 0.1) is 11.8 Å². The summed E-state index contributed by atoms with van der Waals surface area (Å²) in [6.07, 6.45) is 4.34. The van der Waals surface area contributed by atoms with Crippen molar-refractivity contribution in [2.75, 3.05) is 0 Å². The van der Waals surface area contributed by atoms with Crippen molar-refractivity contribution in [1.29, 1.82) is 0 Å². The molecule has 1 atom stereocenters. The monoisotopic (exact) mass is 170 g/mol. The van der Waals surface area contributed by atoms with Gasteiger partial charge in [0.05, 0.1) is 0 Å². The van der Waals surface area contributed by atoms with Crippen LogP contribution < -0.4 is 0 Å². The molecular weight excluding hydrogens is 148 g/mol. The largest absolute Gasteiger partial charge is 0.300 e. The van der Waals surface area contributed by atoms with Crippen LogP contribution in [0.3, 0.4) is 0 Å². The van der Waals surface area contributed by atoms with Gasteiger partial charge in [0.25, 0.3) is 0 Å². The van der Waals surface area contributed by atoms with Crippen LogP contribution in [0.5, 0.6) is 0 Å². The van der Waals surface area contributed by atoms with Crippen molar-refractivity contribution in [2.24, 2.45) is 11.8 Å². The molecule has 0 aromatic carbocycles. The predicted octanol–water partition coefficient (Wildman–Crippen LogP) is 3.43. The molecule has 1 unspecified atom stereocenters. The molecule has 12 heavy (non-hydrogen) atoms. The molecule has 0 aromatic rings. The highest BCUT2D eigenvalue weighted by Crippen LogP contribution is 2.20. The molecule has 1 nitrogen and oxygen atoms in total. The van der Waals surface area contributed by atoms with Crippen LogP contribution in [-0.2, 0) is 4.79 Å².